The molecule has 2 heterocycles. The molecule has 5 heteroatoms. The highest BCUT2D eigenvalue weighted by molar-refractivity contribution is 7.09. The predicted molar refractivity (Wildman–Crippen MR) is 74.9 cm³/mol. The van der Waals surface area contributed by atoms with E-state index in [-0.39, 0.29) is 0 Å². The first-order valence-corrected chi connectivity index (χ1v) is 7.28. The lowest BCUT2D eigenvalue weighted by Gasteiger charge is -2.13. The summed E-state index contributed by atoms with van der Waals surface area (Å²) in [4.78, 5) is 8.61. The Balaban J connectivity index is 1.68. The molecule has 0 aliphatic heterocycles. The van der Waals surface area contributed by atoms with Gasteiger partial charge in [-0.2, -0.15) is 0 Å². The van der Waals surface area contributed by atoms with Gasteiger partial charge in [0.15, 0.2) is 0 Å². The van der Waals surface area contributed by atoms with Crippen molar-refractivity contribution in [3.8, 4) is 0 Å². The van der Waals surface area contributed by atoms with E-state index in [9.17, 15) is 0 Å². The van der Waals surface area contributed by atoms with E-state index in [1.54, 1.807) is 11.3 Å². The van der Waals surface area contributed by atoms with Gasteiger partial charge >= 0.3 is 0 Å². The van der Waals surface area contributed by atoms with Gasteiger partial charge in [0.1, 0.15) is 0 Å². The van der Waals surface area contributed by atoms with E-state index in [2.05, 4.69) is 39.1 Å². The lowest BCUT2D eigenvalue weighted by molar-refractivity contribution is 0.479. The number of hydrogen-bond acceptors (Lipinski definition) is 4. The van der Waals surface area contributed by atoms with Gasteiger partial charge in [-0.15, -0.1) is 11.3 Å². The average molecular weight is 264 g/mol. The summed E-state index contributed by atoms with van der Waals surface area (Å²) in [5, 5.41) is 6.90. The first-order valence-electron chi connectivity index (χ1n) is 6.40. The minimum absolute atomic E-state index is 0.449. The molecule has 0 aromatic carbocycles. The van der Waals surface area contributed by atoms with Crippen molar-refractivity contribution in [2.24, 2.45) is 0 Å². The van der Waals surface area contributed by atoms with Crippen LogP contribution in [0.5, 0.6) is 0 Å². The number of aromatic nitrogens is 3. The Labute approximate surface area is 112 Å². The van der Waals surface area contributed by atoms with E-state index in [1.165, 1.54) is 10.7 Å². The van der Waals surface area contributed by atoms with Gasteiger partial charge in [0.2, 0.25) is 0 Å². The Morgan fingerprint density at radius 3 is 3.06 bits per heavy atom. The molecule has 2 rings (SSSR count). The molecule has 0 amide bonds. The Bertz CT molecular complexity index is 449. The summed E-state index contributed by atoms with van der Waals surface area (Å²) in [6, 6.07) is 0.449. The van der Waals surface area contributed by atoms with Crippen LogP contribution in [0.1, 0.15) is 24.5 Å². The molecule has 0 saturated heterocycles. The van der Waals surface area contributed by atoms with Crippen LogP contribution in [0.3, 0.4) is 0 Å². The van der Waals surface area contributed by atoms with E-state index >= 15 is 0 Å². The van der Waals surface area contributed by atoms with E-state index in [4.69, 9.17) is 0 Å². The zero-order chi connectivity index (χ0) is 12.8. The molecular weight excluding hydrogens is 244 g/mol. The van der Waals surface area contributed by atoms with Gasteiger partial charge in [0, 0.05) is 43.3 Å². The second-order valence-corrected chi connectivity index (χ2v) is 5.39. The van der Waals surface area contributed by atoms with Crippen LogP contribution in [0.4, 0.5) is 0 Å². The van der Waals surface area contributed by atoms with E-state index in [0.29, 0.717) is 6.04 Å². The summed E-state index contributed by atoms with van der Waals surface area (Å²) in [6.45, 7) is 6.27. The van der Waals surface area contributed by atoms with Gasteiger partial charge in [0.25, 0.3) is 0 Å². The Kier molecular flexibility index (Phi) is 4.90. The zero-order valence-corrected chi connectivity index (χ0v) is 11.8. The molecule has 4 nitrogen and oxygen atoms in total. The van der Waals surface area contributed by atoms with E-state index in [1.807, 2.05) is 18.7 Å². The summed E-state index contributed by atoms with van der Waals surface area (Å²) < 4.78 is 2.09. The summed E-state index contributed by atoms with van der Waals surface area (Å²) in [5.74, 6) is 0. The lowest BCUT2D eigenvalue weighted by atomic mass is 10.3. The number of rotatable bonds is 7. The second-order valence-electron chi connectivity index (χ2n) is 4.45. The maximum atomic E-state index is 4.56. The van der Waals surface area contributed by atoms with Gasteiger partial charge < -0.3 is 9.88 Å². The minimum Gasteiger partial charge on any atom is -0.336 e. The monoisotopic (exact) mass is 264 g/mol. The maximum Gasteiger partial charge on any atom is 0.0946 e. The second kappa shape index (κ2) is 6.66. The van der Waals surface area contributed by atoms with Gasteiger partial charge in [-0.3, -0.25) is 0 Å². The van der Waals surface area contributed by atoms with Crippen molar-refractivity contribution >= 4 is 11.3 Å². The van der Waals surface area contributed by atoms with Gasteiger partial charge in [-0.05, 0) is 13.3 Å². The Hall–Kier alpha value is -1.20. The van der Waals surface area contributed by atoms with Crippen LogP contribution < -0.4 is 5.32 Å². The molecule has 98 valence electrons. The molecular formula is C13H20N4S. The summed E-state index contributed by atoms with van der Waals surface area (Å²) in [7, 11) is 0. The Morgan fingerprint density at radius 1 is 1.50 bits per heavy atom. The largest absolute Gasteiger partial charge is 0.336 e. The van der Waals surface area contributed by atoms with Crippen LogP contribution in [0, 0.1) is 0 Å². The standard InChI is InChI=1S/C13H20N4S/c1-3-12-9-18-13(16-12)4-5-15-11(2)8-17-7-6-14-10-17/h6-7,9-11,15H,3-5,8H2,1-2H3. The third-order valence-electron chi connectivity index (χ3n) is 2.84. The zero-order valence-electron chi connectivity index (χ0n) is 11.0. The topological polar surface area (TPSA) is 42.7 Å². The average Bonchev–Trinajstić information content (AvgIpc) is 3.00. The lowest BCUT2D eigenvalue weighted by Crippen LogP contribution is -2.31. The van der Waals surface area contributed by atoms with Crippen molar-refractivity contribution in [3.63, 3.8) is 0 Å². The molecule has 2 aromatic heterocycles. The molecule has 18 heavy (non-hydrogen) atoms. The number of thiazole rings is 1. The van der Waals surface area contributed by atoms with Crippen LogP contribution in [-0.2, 0) is 19.4 Å². The molecule has 0 spiro atoms. The minimum atomic E-state index is 0.449. The quantitative estimate of drug-likeness (QED) is 0.833. The van der Waals surface area contributed by atoms with Gasteiger partial charge in [-0.25, -0.2) is 9.97 Å². The molecule has 2 aromatic rings. The van der Waals surface area contributed by atoms with Crippen molar-refractivity contribution in [2.75, 3.05) is 6.54 Å². The number of nitrogens with zero attached hydrogens (tertiary/aromatic N) is 3. The van der Waals surface area contributed by atoms with Crippen molar-refractivity contribution in [1.82, 2.24) is 19.9 Å². The molecule has 0 radical (unpaired) electrons. The molecule has 0 fully saturated rings. The predicted octanol–water partition coefficient (Wildman–Crippen LogP) is 2.12. The summed E-state index contributed by atoms with van der Waals surface area (Å²) >= 11 is 1.76. The summed E-state index contributed by atoms with van der Waals surface area (Å²) in [5.41, 5.74) is 1.21. The Morgan fingerprint density at radius 2 is 2.39 bits per heavy atom. The third kappa shape index (κ3) is 3.92. The third-order valence-corrected chi connectivity index (χ3v) is 3.79. The highest BCUT2D eigenvalue weighted by Crippen LogP contribution is 2.10. The first-order chi connectivity index (χ1) is 8.78. The number of aryl methyl sites for hydroxylation is 1. The molecule has 0 saturated carbocycles. The maximum absolute atomic E-state index is 4.56. The summed E-state index contributed by atoms with van der Waals surface area (Å²) in [6.07, 6.45) is 7.70. The SMILES string of the molecule is CCc1csc(CCNC(C)Cn2ccnc2)n1. The van der Waals surface area contributed by atoms with Crippen molar-refractivity contribution < 1.29 is 0 Å². The van der Waals surface area contributed by atoms with Crippen LogP contribution in [0.25, 0.3) is 0 Å². The molecule has 0 aliphatic rings. The van der Waals surface area contributed by atoms with E-state index < -0.39 is 0 Å². The highest BCUT2D eigenvalue weighted by Gasteiger charge is 2.04. The molecule has 0 bridgehead atoms. The van der Waals surface area contributed by atoms with Gasteiger partial charge in [0.05, 0.1) is 17.0 Å². The van der Waals surface area contributed by atoms with Gasteiger partial charge in [-0.1, -0.05) is 6.92 Å². The van der Waals surface area contributed by atoms with Crippen molar-refractivity contribution in [3.05, 3.63) is 34.8 Å². The van der Waals surface area contributed by atoms with Crippen LogP contribution >= 0.6 is 11.3 Å². The fraction of sp³-hybridized carbons (Fsp3) is 0.538. The number of hydrogen-bond donors (Lipinski definition) is 1. The normalized spacial score (nSPS) is 12.8. The van der Waals surface area contributed by atoms with E-state index in [0.717, 1.165) is 25.9 Å². The molecule has 1 N–H and O–H groups in total. The van der Waals surface area contributed by atoms with Crippen LogP contribution in [-0.4, -0.2) is 27.1 Å². The van der Waals surface area contributed by atoms with Crippen LogP contribution in [0.2, 0.25) is 0 Å². The fourth-order valence-corrected chi connectivity index (χ4v) is 2.71. The van der Waals surface area contributed by atoms with Crippen molar-refractivity contribution in [2.45, 2.75) is 39.3 Å². The van der Waals surface area contributed by atoms with Crippen LogP contribution in [0.15, 0.2) is 24.1 Å². The molecule has 1 atom stereocenters. The highest BCUT2D eigenvalue weighted by atomic mass is 32.1. The smallest absolute Gasteiger partial charge is 0.0946 e. The number of nitrogens with one attached hydrogen (secondary N) is 1. The van der Waals surface area contributed by atoms with Crippen molar-refractivity contribution in [1.29, 1.82) is 0 Å². The molecule has 1 unspecified atom stereocenters. The number of imidazole rings is 1. The molecule has 0 aliphatic carbocycles. The fourth-order valence-electron chi connectivity index (χ4n) is 1.83. The first kappa shape index (κ1) is 13.2.